The van der Waals surface area contributed by atoms with Crippen LogP contribution in [0, 0.1) is 18.7 Å². The van der Waals surface area contributed by atoms with Gasteiger partial charge in [0.15, 0.2) is 0 Å². The number of hydrogen-bond acceptors (Lipinski definition) is 3. The first-order valence-corrected chi connectivity index (χ1v) is 12.7. The summed E-state index contributed by atoms with van der Waals surface area (Å²) in [6, 6.07) is 26.2. The van der Waals surface area contributed by atoms with Crippen molar-refractivity contribution >= 4 is 11.6 Å². The van der Waals surface area contributed by atoms with Gasteiger partial charge >= 0.3 is 0 Å². The van der Waals surface area contributed by atoms with Gasteiger partial charge in [0.1, 0.15) is 5.82 Å². The quantitative estimate of drug-likeness (QED) is 0.519. The number of amides is 1. The number of likely N-dealkylation sites (tertiary alicyclic amines) is 1. The van der Waals surface area contributed by atoms with Crippen molar-refractivity contribution < 1.29 is 9.18 Å². The molecule has 35 heavy (non-hydrogen) atoms. The van der Waals surface area contributed by atoms with Crippen LogP contribution >= 0.6 is 0 Å². The van der Waals surface area contributed by atoms with Gasteiger partial charge in [0.25, 0.3) is 0 Å². The van der Waals surface area contributed by atoms with Crippen LogP contribution in [0.4, 0.5) is 10.1 Å². The SMILES string of the molecule is Cc1cccc([C@@H]2C[C@@H](C(=O)N3CCN(c4ccccc4F)CC3)CN(Cc3ccccc3)C2)c1. The largest absolute Gasteiger partial charge is 0.366 e. The van der Waals surface area contributed by atoms with Crippen molar-refractivity contribution in [1.82, 2.24) is 9.80 Å². The third kappa shape index (κ3) is 5.57. The summed E-state index contributed by atoms with van der Waals surface area (Å²) in [7, 11) is 0. The second-order valence-electron chi connectivity index (χ2n) is 9.99. The van der Waals surface area contributed by atoms with Crippen LogP contribution in [0.25, 0.3) is 0 Å². The molecule has 2 aliphatic rings. The van der Waals surface area contributed by atoms with Crippen LogP contribution < -0.4 is 4.90 Å². The molecule has 0 spiro atoms. The molecule has 0 bridgehead atoms. The smallest absolute Gasteiger partial charge is 0.227 e. The molecule has 1 amide bonds. The number of halogens is 1. The van der Waals surface area contributed by atoms with E-state index in [1.54, 1.807) is 6.07 Å². The van der Waals surface area contributed by atoms with E-state index in [0.717, 1.165) is 26.1 Å². The molecule has 2 fully saturated rings. The molecule has 2 saturated heterocycles. The second-order valence-corrected chi connectivity index (χ2v) is 9.99. The van der Waals surface area contributed by atoms with Gasteiger partial charge < -0.3 is 9.80 Å². The Bertz CT molecular complexity index is 1140. The van der Waals surface area contributed by atoms with Crippen molar-refractivity contribution in [3.05, 3.63) is 101 Å². The van der Waals surface area contributed by atoms with Crippen LogP contribution in [-0.4, -0.2) is 55.0 Å². The maximum absolute atomic E-state index is 14.2. The monoisotopic (exact) mass is 471 g/mol. The summed E-state index contributed by atoms with van der Waals surface area (Å²) >= 11 is 0. The van der Waals surface area contributed by atoms with E-state index in [1.807, 2.05) is 23.1 Å². The van der Waals surface area contributed by atoms with Gasteiger partial charge in [-0.25, -0.2) is 4.39 Å². The first-order chi connectivity index (χ1) is 17.1. The summed E-state index contributed by atoms with van der Waals surface area (Å²) in [6.07, 6.45) is 0.876. The molecule has 2 atom stereocenters. The average Bonchev–Trinajstić information content (AvgIpc) is 2.89. The van der Waals surface area contributed by atoms with Gasteiger partial charge in [-0.2, -0.15) is 0 Å². The number of piperidine rings is 1. The fraction of sp³-hybridized carbons (Fsp3) is 0.367. The van der Waals surface area contributed by atoms with E-state index in [2.05, 4.69) is 65.3 Å². The van der Waals surface area contributed by atoms with Gasteiger partial charge in [-0.05, 0) is 42.5 Å². The molecule has 0 aliphatic carbocycles. The topological polar surface area (TPSA) is 26.8 Å². The van der Waals surface area contributed by atoms with Crippen molar-refractivity contribution in [2.75, 3.05) is 44.2 Å². The van der Waals surface area contributed by atoms with Crippen molar-refractivity contribution in [2.24, 2.45) is 5.92 Å². The van der Waals surface area contributed by atoms with Crippen molar-refractivity contribution in [3.8, 4) is 0 Å². The molecule has 2 heterocycles. The minimum absolute atomic E-state index is 0.0296. The highest BCUT2D eigenvalue weighted by Crippen LogP contribution is 2.33. The van der Waals surface area contributed by atoms with E-state index in [-0.39, 0.29) is 17.6 Å². The third-order valence-electron chi connectivity index (χ3n) is 7.42. The fourth-order valence-corrected chi connectivity index (χ4v) is 5.64. The zero-order valence-electron chi connectivity index (χ0n) is 20.4. The molecule has 0 unspecified atom stereocenters. The number of nitrogens with zero attached hydrogens (tertiary/aromatic N) is 3. The molecule has 0 radical (unpaired) electrons. The van der Waals surface area contributed by atoms with E-state index in [1.165, 1.54) is 22.8 Å². The van der Waals surface area contributed by atoms with Crippen LogP contribution in [0.3, 0.4) is 0 Å². The summed E-state index contributed by atoms with van der Waals surface area (Å²) in [6.45, 7) is 7.32. The Hall–Kier alpha value is -3.18. The molecule has 5 heteroatoms. The summed E-state index contributed by atoms with van der Waals surface area (Å²) in [5.74, 6) is 0.352. The summed E-state index contributed by atoms with van der Waals surface area (Å²) in [5, 5.41) is 0. The Morgan fingerprint density at radius 1 is 0.886 bits per heavy atom. The Morgan fingerprint density at radius 3 is 2.37 bits per heavy atom. The first-order valence-electron chi connectivity index (χ1n) is 12.7. The highest BCUT2D eigenvalue weighted by Gasteiger charge is 2.35. The average molecular weight is 472 g/mol. The molecule has 0 saturated carbocycles. The van der Waals surface area contributed by atoms with Crippen molar-refractivity contribution in [1.29, 1.82) is 0 Å². The number of carbonyl (C=O) groups is 1. The lowest BCUT2D eigenvalue weighted by Gasteiger charge is -2.42. The maximum atomic E-state index is 14.2. The van der Waals surface area contributed by atoms with E-state index in [0.29, 0.717) is 37.8 Å². The van der Waals surface area contributed by atoms with E-state index < -0.39 is 0 Å². The number of hydrogen-bond donors (Lipinski definition) is 0. The van der Waals surface area contributed by atoms with Crippen molar-refractivity contribution in [3.63, 3.8) is 0 Å². The van der Waals surface area contributed by atoms with E-state index in [4.69, 9.17) is 0 Å². The molecule has 182 valence electrons. The predicted molar refractivity (Wildman–Crippen MR) is 139 cm³/mol. The minimum Gasteiger partial charge on any atom is -0.366 e. The number of piperazine rings is 1. The number of rotatable bonds is 5. The Kier molecular flexibility index (Phi) is 7.14. The number of aryl methyl sites for hydroxylation is 1. The van der Waals surface area contributed by atoms with Gasteiger partial charge in [-0.3, -0.25) is 9.69 Å². The van der Waals surface area contributed by atoms with Gasteiger partial charge in [0.05, 0.1) is 11.6 Å². The van der Waals surface area contributed by atoms with Crippen LogP contribution in [0.1, 0.15) is 29.0 Å². The lowest BCUT2D eigenvalue weighted by Crippen LogP contribution is -2.53. The summed E-state index contributed by atoms with van der Waals surface area (Å²) in [5.41, 5.74) is 4.49. The summed E-state index contributed by atoms with van der Waals surface area (Å²) < 4.78 is 14.2. The highest BCUT2D eigenvalue weighted by atomic mass is 19.1. The fourth-order valence-electron chi connectivity index (χ4n) is 5.64. The summed E-state index contributed by atoms with van der Waals surface area (Å²) in [4.78, 5) is 20.2. The number of carbonyl (C=O) groups excluding carboxylic acids is 1. The van der Waals surface area contributed by atoms with Gasteiger partial charge in [-0.1, -0.05) is 72.3 Å². The van der Waals surface area contributed by atoms with Crippen LogP contribution in [0.5, 0.6) is 0 Å². The molecule has 0 aromatic heterocycles. The maximum Gasteiger partial charge on any atom is 0.227 e. The van der Waals surface area contributed by atoms with Gasteiger partial charge in [0.2, 0.25) is 5.91 Å². The number of benzene rings is 3. The second kappa shape index (κ2) is 10.6. The molecule has 3 aromatic carbocycles. The number of para-hydroxylation sites is 1. The molecule has 5 rings (SSSR count). The van der Waals surface area contributed by atoms with Crippen LogP contribution in [0.15, 0.2) is 78.9 Å². The molecule has 2 aliphatic heterocycles. The third-order valence-corrected chi connectivity index (χ3v) is 7.42. The van der Waals surface area contributed by atoms with Crippen LogP contribution in [0.2, 0.25) is 0 Å². The molecule has 4 nitrogen and oxygen atoms in total. The van der Waals surface area contributed by atoms with Crippen molar-refractivity contribution in [2.45, 2.75) is 25.8 Å². The number of anilines is 1. The lowest BCUT2D eigenvalue weighted by atomic mass is 9.83. The zero-order valence-corrected chi connectivity index (χ0v) is 20.4. The van der Waals surface area contributed by atoms with Gasteiger partial charge in [0, 0.05) is 45.8 Å². The minimum atomic E-state index is -0.197. The van der Waals surface area contributed by atoms with E-state index >= 15 is 0 Å². The predicted octanol–water partition coefficient (Wildman–Crippen LogP) is 5.09. The standard InChI is InChI=1S/C30H34FN3O/c1-23-8-7-11-25(18-23)26-19-27(22-32(21-26)20-24-9-3-2-4-10-24)30(35)34-16-14-33(15-17-34)29-13-6-5-12-28(29)31/h2-13,18,26-27H,14-17,19-22H2,1H3/t26-,27-/m1/s1. The Morgan fingerprint density at radius 2 is 1.63 bits per heavy atom. The Labute approximate surface area is 208 Å². The van der Waals surface area contributed by atoms with Gasteiger partial charge in [-0.15, -0.1) is 0 Å². The molecular formula is C30H34FN3O. The molecule has 3 aromatic rings. The van der Waals surface area contributed by atoms with Crippen LogP contribution in [-0.2, 0) is 11.3 Å². The molecular weight excluding hydrogens is 437 g/mol. The molecule has 0 N–H and O–H groups in total. The van der Waals surface area contributed by atoms with E-state index in [9.17, 15) is 9.18 Å². The lowest BCUT2D eigenvalue weighted by molar-refractivity contribution is -0.138. The Balaban J connectivity index is 1.29. The zero-order chi connectivity index (χ0) is 24.2. The normalized spacial score (nSPS) is 21.2. The first kappa shape index (κ1) is 23.6. The highest BCUT2D eigenvalue weighted by molar-refractivity contribution is 5.79.